The first-order chi connectivity index (χ1) is 11.8. The van der Waals surface area contributed by atoms with Gasteiger partial charge in [-0.1, -0.05) is 0 Å². The molecule has 0 aromatic carbocycles. The van der Waals surface area contributed by atoms with Crippen LogP contribution in [0.15, 0.2) is 17.2 Å². The van der Waals surface area contributed by atoms with E-state index < -0.39 is 17.4 Å². The molecule has 0 radical (unpaired) electrons. The fourth-order valence-electron chi connectivity index (χ4n) is 3.55. The fourth-order valence-corrected chi connectivity index (χ4v) is 3.55. The molecule has 0 spiro atoms. The van der Waals surface area contributed by atoms with Crippen LogP contribution in [0.25, 0.3) is 0 Å². The van der Waals surface area contributed by atoms with E-state index in [9.17, 15) is 22.8 Å². The second-order valence-corrected chi connectivity index (χ2v) is 6.69. The lowest BCUT2D eigenvalue weighted by atomic mass is 9.94. The summed E-state index contributed by atoms with van der Waals surface area (Å²) in [5.74, 6) is 0.270. The van der Waals surface area contributed by atoms with Crippen LogP contribution >= 0.6 is 0 Å². The number of rotatable bonds is 3. The molecule has 1 aromatic heterocycles. The van der Waals surface area contributed by atoms with E-state index in [0.29, 0.717) is 12.6 Å². The minimum atomic E-state index is -4.61. The Labute approximate surface area is 143 Å². The van der Waals surface area contributed by atoms with Crippen LogP contribution < -0.4 is 10.9 Å². The molecule has 2 aliphatic heterocycles. The Bertz CT molecular complexity index is 681. The Morgan fingerprint density at radius 3 is 2.52 bits per heavy atom. The predicted octanol–water partition coefficient (Wildman–Crippen LogP) is 1.25. The molecule has 1 atom stereocenters. The lowest BCUT2D eigenvalue weighted by Crippen LogP contribution is -2.52. The van der Waals surface area contributed by atoms with Gasteiger partial charge in [0, 0.05) is 19.2 Å². The number of alkyl halides is 3. The van der Waals surface area contributed by atoms with Crippen molar-refractivity contribution in [3.63, 3.8) is 0 Å². The second-order valence-electron chi connectivity index (χ2n) is 6.69. The minimum Gasteiger partial charge on any atom is -0.355 e. The topological polar surface area (TPSA) is 67.2 Å². The van der Waals surface area contributed by atoms with Gasteiger partial charge in [-0.15, -0.1) is 0 Å². The van der Waals surface area contributed by atoms with Gasteiger partial charge in [0.25, 0.3) is 5.56 Å². The zero-order chi connectivity index (χ0) is 18.0. The summed E-state index contributed by atoms with van der Waals surface area (Å²) in [7, 11) is 0. The number of nitrogens with one attached hydrogen (secondary N) is 1. The van der Waals surface area contributed by atoms with Gasteiger partial charge in [0.2, 0.25) is 5.91 Å². The molecule has 3 rings (SSSR count). The van der Waals surface area contributed by atoms with Gasteiger partial charge in [-0.25, -0.2) is 4.98 Å². The maximum atomic E-state index is 12.6. The van der Waals surface area contributed by atoms with Crippen molar-refractivity contribution in [1.29, 1.82) is 0 Å². The molecule has 1 unspecified atom stereocenters. The molecule has 0 aliphatic carbocycles. The Morgan fingerprint density at radius 2 is 1.92 bits per heavy atom. The zero-order valence-electron chi connectivity index (χ0n) is 13.8. The zero-order valence-corrected chi connectivity index (χ0v) is 13.8. The van der Waals surface area contributed by atoms with Crippen LogP contribution in [-0.2, 0) is 17.5 Å². The number of amides is 1. The Balaban J connectivity index is 1.57. The lowest BCUT2D eigenvalue weighted by molar-refractivity contribution is -0.141. The van der Waals surface area contributed by atoms with Crippen LogP contribution in [0.3, 0.4) is 0 Å². The summed E-state index contributed by atoms with van der Waals surface area (Å²) >= 11 is 0. The molecule has 0 bridgehead atoms. The van der Waals surface area contributed by atoms with Crippen molar-refractivity contribution in [3.05, 3.63) is 28.4 Å². The summed E-state index contributed by atoms with van der Waals surface area (Å²) in [6.45, 7) is 2.60. The molecule has 138 valence electrons. The van der Waals surface area contributed by atoms with E-state index >= 15 is 0 Å². The third-order valence-electron chi connectivity index (χ3n) is 4.97. The monoisotopic (exact) mass is 358 g/mol. The van der Waals surface area contributed by atoms with E-state index in [1.54, 1.807) is 0 Å². The molecular weight excluding hydrogens is 337 g/mol. The van der Waals surface area contributed by atoms with Crippen molar-refractivity contribution in [2.24, 2.45) is 5.92 Å². The van der Waals surface area contributed by atoms with E-state index in [-0.39, 0.29) is 17.9 Å². The highest BCUT2D eigenvalue weighted by molar-refractivity contribution is 5.82. The van der Waals surface area contributed by atoms with E-state index in [1.807, 2.05) is 0 Å². The van der Waals surface area contributed by atoms with Gasteiger partial charge in [0.15, 0.2) is 5.69 Å². The number of likely N-dealkylation sites (tertiary alicyclic amines) is 1. The molecule has 2 fully saturated rings. The van der Waals surface area contributed by atoms with E-state index in [2.05, 4.69) is 15.2 Å². The SMILES string of the molecule is O=C1NCCCC1N1CCC(Cn2cnc(C(F)(F)F)cc2=O)CC1. The normalized spacial score (nSPS) is 23.5. The minimum absolute atomic E-state index is 0.0767. The highest BCUT2D eigenvalue weighted by Gasteiger charge is 2.34. The number of piperidine rings is 2. The molecule has 1 aromatic rings. The molecule has 6 nitrogen and oxygen atoms in total. The second kappa shape index (κ2) is 7.15. The maximum absolute atomic E-state index is 12.6. The average Bonchev–Trinajstić information content (AvgIpc) is 2.57. The summed E-state index contributed by atoms with van der Waals surface area (Å²) < 4.78 is 38.9. The van der Waals surface area contributed by atoms with E-state index in [1.165, 1.54) is 4.57 Å². The van der Waals surface area contributed by atoms with Crippen molar-refractivity contribution < 1.29 is 18.0 Å². The molecule has 1 N–H and O–H groups in total. The van der Waals surface area contributed by atoms with Crippen molar-refractivity contribution in [2.45, 2.75) is 44.4 Å². The Kier molecular flexibility index (Phi) is 5.12. The van der Waals surface area contributed by atoms with E-state index in [4.69, 9.17) is 0 Å². The molecule has 2 aliphatic rings. The van der Waals surface area contributed by atoms with Gasteiger partial charge in [-0.05, 0) is 44.7 Å². The first-order valence-electron chi connectivity index (χ1n) is 8.50. The number of carbonyl (C=O) groups excluding carboxylic acids is 1. The van der Waals surface area contributed by atoms with Gasteiger partial charge in [-0.3, -0.25) is 19.1 Å². The van der Waals surface area contributed by atoms with Crippen LogP contribution in [0, 0.1) is 5.92 Å². The molecule has 0 saturated carbocycles. The average molecular weight is 358 g/mol. The maximum Gasteiger partial charge on any atom is 0.433 e. The van der Waals surface area contributed by atoms with Crippen molar-refractivity contribution in [3.8, 4) is 0 Å². The third-order valence-corrected chi connectivity index (χ3v) is 4.97. The summed E-state index contributed by atoms with van der Waals surface area (Å²) in [4.78, 5) is 29.3. The van der Waals surface area contributed by atoms with Gasteiger partial charge in [0.1, 0.15) is 0 Å². The summed E-state index contributed by atoms with van der Waals surface area (Å²) in [6.07, 6.45) is -0.188. The molecular formula is C16H21F3N4O2. The van der Waals surface area contributed by atoms with E-state index in [0.717, 1.165) is 51.6 Å². The van der Waals surface area contributed by atoms with Gasteiger partial charge in [0.05, 0.1) is 12.4 Å². The molecule has 25 heavy (non-hydrogen) atoms. The third kappa shape index (κ3) is 4.20. The Morgan fingerprint density at radius 1 is 1.20 bits per heavy atom. The number of hydrogen-bond acceptors (Lipinski definition) is 4. The van der Waals surface area contributed by atoms with Crippen LogP contribution in [-0.4, -0.2) is 46.0 Å². The quantitative estimate of drug-likeness (QED) is 0.883. The number of nitrogens with zero attached hydrogens (tertiary/aromatic N) is 3. The first-order valence-corrected chi connectivity index (χ1v) is 8.50. The van der Waals surface area contributed by atoms with Gasteiger partial charge < -0.3 is 5.32 Å². The van der Waals surface area contributed by atoms with Crippen LogP contribution in [0.4, 0.5) is 13.2 Å². The Hall–Kier alpha value is -1.90. The van der Waals surface area contributed by atoms with Crippen LogP contribution in [0.5, 0.6) is 0 Å². The highest BCUT2D eigenvalue weighted by atomic mass is 19.4. The van der Waals surface area contributed by atoms with Crippen molar-refractivity contribution in [2.75, 3.05) is 19.6 Å². The predicted molar refractivity (Wildman–Crippen MR) is 83.8 cm³/mol. The summed E-state index contributed by atoms with van der Waals surface area (Å²) in [5.41, 5.74) is -1.84. The molecule has 2 saturated heterocycles. The molecule has 3 heterocycles. The first kappa shape index (κ1) is 17.9. The summed E-state index contributed by atoms with van der Waals surface area (Å²) in [6, 6.07) is 0.465. The van der Waals surface area contributed by atoms with Crippen molar-refractivity contribution in [1.82, 2.24) is 19.8 Å². The fraction of sp³-hybridized carbons (Fsp3) is 0.688. The number of halogens is 3. The largest absolute Gasteiger partial charge is 0.433 e. The van der Waals surface area contributed by atoms with Crippen LogP contribution in [0.2, 0.25) is 0 Å². The smallest absolute Gasteiger partial charge is 0.355 e. The van der Waals surface area contributed by atoms with Crippen molar-refractivity contribution >= 4 is 5.91 Å². The highest BCUT2D eigenvalue weighted by Crippen LogP contribution is 2.26. The van der Waals surface area contributed by atoms with Gasteiger partial charge in [-0.2, -0.15) is 13.2 Å². The number of hydrogen-bond donors (Lipinski definition) is 1. The standard InChI is InChI=1S/C16H21F3N4O2/c17-16(18,19)13-8-14(24)23(10-21-13)9-11-3-6-22(7-4-11)12-2-1-5-20-15(12)25/h8,10-12H,1-7,9H2,(H,20,25). The summed E-state index contributed by atoms with van der Waals surface area (Å²) in [5, 5.41) is 2.88. The van der Waals surface area contributed by atoms with Crippen LogP contribution in [0.1, 0.15) is 31.4 Å². The molecule has 1 amide bonds. The van der Waals surface area contributed by atoms with Gasteiger partial charge >= 0.3 is 6.18 Å². The lowest BCUT2D eigenvalue weighted by Gasteiger charge is -2.38. The number of aromatic nitrogens is 2. The number of carbonyl (C=O) groups is 1. The molecule has 9 heteroatoms.